The number of hydrogen-bond donors (Lipinski definition) is 1. The number of ketones is 1. The van der Waals surface area contributed by atoms with Crippen LogP contribution in [0.2, 0.25) is 0 Å². The molecule has 2 N–H and O–H groups in total. The van der Waals surface area contributed by atoms with E-state index >= 15 is 0 Å². The standard InChI is InChI=1S/C11H13NO.ClH/c1-8(9(2)13)11(12)10-6-4-3-5-7-10;/h3-7,11H,1,12H2,2H3;1H. The monoisotopic (exact) mass is 211 g/mol. The van der Waals surface area contributed by atoms with Gasteiger partial charge in [0.05, 0.1) is 6.04 Å². The molecule has 1 rings (SSSR count). The summed E-state index contributed by atoms with van der Waals surface area (Å²) in [6.07, 6.45) is 0. The lowest BCUT2D eigenvalue weighted by Crippen LogP contribution is -2.16. The van der Waals surface area contributed by atoms with Crippen molar-refractivity contribution in [2.75, 3.05) is 0 Å². The largest absolute Gasteiger partial charge is 0.320 e. The first kappa shape index (κ1) is 12.9. The maximum absolute atomic E-state index is 11.0. The molecule has 1 aromatic carbocycles. The topological polar surface area (TPSA) is 43.1 Å². The molecule has 0 radical (unpaired) electrons. The van der Waals surface area contributed by atoms with E-state index in [0.29, 0.717) is 5.57 Å². The number of carbonyl (C=O) groups is 1. The van der Waals surface area contributed by atoms with Crippen LogP contribution in [-0.2, 0) is 4.79 Å². The molecule has 0 aliphatic carbocycles. The number of halogens is 1. The maximum Gasteiger partial charge on any atom is 0.157 e. The Morgan fingerprint density at radius 3 is 2.29 bits per heavy atom. The first-order valence-corrected chi connectivity index (χ1v) is 4.13. The highest BCUT2D eigenvalue weighted by atomic mass is 35.5. The van der Waals surface area contributed by atoms with Gasteiger partial charge < -0.3 is 5.73 Å². The van der Waals surface area contributed by atoms with Crippen LogP contribution < -0.4 is 5.73 Å². The molecule has 0 saturated heterocycles. The van der Waals surface area contributed by atoms with Gasteiger partial charge in [0.2, 0.25) is 0 Å². The van der Waals surface area contributed by atoms with Crippen LogP contribution in [0, 0.1) is 0 Å². The van der Waals surface area contributed by atoms with E-state index in [9.17, 15) is 4.79 Å². The first-order chi connectivity index (χ1) is 6.13. The molecule has 0 aromatic heterocycles. The number of carbonyl (C=O) groups excluding carboxylic acids is 1. The summed E-state index contributed by atoms with van der Waals surface area (Å²) in [5, 5.41) is 0. The fourth-order valence-corrected chi connectivity index (χ4v) is 1.08. The molecule has 3 heteroatoms. The van der Waals surface area contributed by atoms with Crippen LogP contribution in [0.4, 0.5) is 0 Å². The van der Waals surface area contributed by atoms with Gasteiger partial charge in [-0.2, -0.15) is 0 Å². The minimum absolute atomic E-state index is 0. The predicted molar refractivity (Wildman–Crippen MR) is 60.4 cm³/mol. The zero-order chi connectivity index (χ0) is 9.84. The lowest BCUT2D eigenvalue weighted by molar-refractivity contribution is -0.113. The van der Waals surface area contributed by atoms with Crippen molar-refractivity contribution in [1.29, 1.82) is 0 Å². The Morgan fingerprint density at radius 1 is 1.36 bits per heavy atom. The highest BCUT2D eigenvalue weighted by molar-refractivity contribution is 5.93. The van der Waals surface area contributed by atoms with Crippen molar-refractivity contribution in [1.82, 2.24) is 0 Å². The van der Waals surface area contributed by atoms with Gasteiger partial charge in [-0.25, -0.2) is 0 Å². The summed E-state index contributed by atoms with van der Waals surface area (Å²) in [6.45, 7) is 5.13. The average Bonchev–Trinajstić information content (AvgIpc) is 2.17. The van der Waals surface area contributed by atoms with E-state index in [1.54, 1.807) is 0 Å². The molecule has 1 aromatic rings. The van der Waals surface area contributed by atoms with Gasteiger partial charge in [-0.05, 0) is 12.5 Å². The van der Waals surface area contributed by atoms with Crippen molar-refractivity contribution < 1.29 is 4.79 Å². The van der Waals surface area contributed by atoms with E-state index in [4.69, 9.17) is 5.73 Å². The second kappa shape index (κ2) is 5.58. The lowest BCUT2D eigenvalue weighted by atomic mass is 9.99. The Morgan fingerprint density at radius 2 is 1.86 bits per heavy atom. The van der Waals surface area contributed by atoms with Crippen molar-refractivity contribution in [2.45, 2.75) is 13.0 Å². The van der Waals surface area contributed by atoms with Crippen LogP contribution in [-0.4, -0.2) is 5.78 Å². The Bertz CT molecular complexity index is 321. The molecule has 1 unspecified atom stereocenters. The van der Waals surface area contributed by atoms with E-state index in [2.05, 4.69) is 6.58 Å². The number of Topliss-reactive ketones (excluding diaryl/α,β-unsaturated/α-hetero) is 1. The normalized spacial score (nSPS) is 11.3. The van der Waals surface area contributed by atoms with Crippen LogP contribution in [0.3, 0.4) is 0 Å². The summed E-state index contributed by atoms with van der Waals surface area (Å²) in [4.78, 5) is 11.0. The van der Waals surface area contributed by atoms with Gasteiger partial charge in [0.1, 0.15) is 0 Å². The SMILES string of the molecule is C=C(C(C)=O)C(N)c1ccccc1.Cl. The fraction of sp³-hybridized carbons (Fsp3) is 0.182. The number of hydrogen-bond acceptors (Lipinski definition) is 2. The van der Waals surface area contributed by atoms with Crippen molar-refractivity contribution in [3.05, 3.63) is 48.0 Å². The summed E-state index contributed by atoms with van der Waals surface area (Å²) < 4.78 is 0. The Hall–Kier alpha value is -1.12. The predicted octanol–water partition coefficient (Wildman–Crippen LogP) is 2.25. The first-order valence-electron chi connectivity index (χ1n) is 4.13. The van der Waals surface area contributed by atoms with Crippen LogP contribution in [0.5, 0.6) is 0 Å². The third-order valence-corrected chi connectivity index (χ3v) is 1.99. The zero-order valence-corrected chi connectivity index (χ0v) is 8.88. The Balaban J connectivity index is 0.00000169. The number of rotatable bonds is 3. The van der Waals surface area contributed by atoms with Gasteiger partial charge >= 0.3 is 0 Å². The number of benzene rings is 1. The molecule has 0 heterocycles. The van der Waals surface area contributed by atoms with Gasteiger partial charge in [-0.1, -0.05) is 36.9 Å². The van der Waals surface area contributed by atoms with Crippen molar-refractivity contribution in [3.63, 3.8) is 0 Å². The van der Waals surface area contributed by atoms with Gasteiger partial charge in [-0.15, -0.1) is 12.4 Å². The number of nitrogens with two attached hydrogens (primary N) is 1. The van der Waals surface area contributed by atoms with Gasteiger partial charge in [0.15, 0.2) is 5.78 Å². The molecule has 76 valence electrons. The summed E-state index contributed by atoms with van der Waals surface area (Å²) in [6, 6.07) is 9.09. The highest BCUT2D eigenvalue weighted by Gasteiger charge is 2.12. The molecule has 0 aliphatic heterocycles. The average molecular weight is 212 g/mol. The molecule has 2 nitrogen and oxygen atoms in total. The minimum atomic E-state index is -0.376. The minimum Gasteiger partial charge on any atom is -0.320 e. The lowest BCUT2D eigenvalue weighted by Gasteiger charge is -2.12. The van der Waals surface area contributed by atoms with E-state index in [-0.39, 0.29) is 24.2 Å². The van der Waals surface area contributed by atoms with Gasteiger partial charge in [0, 0.05) is 5.57 Å². The summed E-state index contributed by atoms with van der Waals surface area (Å²) in [5.74, 6) is -0.0589. The third-order valence-electron chi connectivity index (χ3n) is 1.99. The van der Waals surface area contributed by atoms with Gasteiger partial charge in [0.25, 0.3) is 0 Å². The molecular weight excluding hydrogens is 198 g/mol. The molecule has 0 bridgehead atoms. The third kappa shape index (κ3) is 2.98. The second-order valence-corrected chi connectivity index (χ2v) is 2.97. The quantitative estimate of drug-likeness (QED) is 0.780. The molecule has 14 heavy (non-hydrogen) atoms. The van der Waals surface area contributed by atoms with Crippen molar-refractivity contribution in [3.8, 4) is 0 Å². The molecule has 1 atom stereocenters. The maximum atomic E-state index is 11.0. The summed E-state index contributed by atoms with van der Waals surface area (Å²) in [7, 11) is 0. The molecule has 0 fully saturated rings. The van der Waals surface area contributed by atoms with Crippen molar-refractivity contribution in [2.24, 2.45) is 5.73 Å². The molecular formula is C11H14ClNO. The van der Waals surface area contributed by atoms with E-state index in [1.807, 2.05) is 30.3 Å². The van der Waals surface area contributed by atoms with E-state index < -0.39 is 0 Å². The summed E-state index contributed by atoms with van der Waals surface area (Å²) in [5.41, 5.74) is 7.19. The van der Waals surface area contributed by atoms with Crippen LogP contribution >= 0.6 is 12.4 Å². The fourth-order valence-electron chi connectivity index (χ4n) is 1.08. The smallest absolute Gasteiger partial charge is 0.157 e. The summed E-state index contributed by atoms with van der Waals surface area (Å²) >= 11 is 0. The van der Waals surface area contributed by atoms with Crippen LogP contribution in [0.15, 0.2) is 42.5 Å². The van der Waals surface area contributed by atoms with Crippen LogP contribution in [0.1, 0.15) is 18.5 Å². The van der Waals surface area contributed by atoms with Crippen LogP contribution in [0.25, 0.3) is 0 Å². The zero-order valence-electron chi connectivity index (χ0n) is 8.07. The van der Waals surface area contributed by atoms with Gasteiger partial charge in [-0.3, -0.25) is 4.79 Å². The van der Waals surface area contributed by atoms with E-state index in [0.717, 1.165) is 5.56 Å². The molecule has 0 amide bonds. The Labute approximate surface area is 90.2 Å². The molecule has 0 spiro atoms. The molecule has 0 aliphatic rings. The highest BCUT2D eigenvalue weighted by Crippen LogP contribution is 2.17. The second-order valence-electron chi connectivity index (χ2n) is 2.97. The Kier molecular flexibility index (Phi) is 5.13. The molecule has 0 saturated carbocycles. The van der Waals surface area contributed by atoms with E-state index in [1.165, 1.54) is 6.92 Å². The van der Waals surface area contributed by atoms with Crippen molar-refractivity contribution >= 4 is 18.2 Å².